The minimum absolute atomic E-state index is 0.00755. The maximum atomic E-state index is 12.4. The molecule has 0 aromatic carbocycles. The molecule has 0 heterocycles. The Morgan fingerprint density at radius 1 is 0.400 bits per heavy atom. The Morgan fingerprint density at radius 2 is 0.714 bits per heavy atom. The van der Waals surface area contributed by atoms with Crippen molar-refractivity contribution in [1.82, 2.24) is 5.32 Å². The second-order valence-electron chi connectivity index (χ2n) is 21.4. The van der Waals surface area contributed by atoms with Gasteiger partial charge in [-0.2, -0.15) is 0 Å². The maximum absolute atomic E-state index is 12.4. The second-order valence-corrected chi connectivity index (χ2v) is 21.4. The highest BCUT2D eigenvalue weighted by atomic mass is 16.5. The average Bonchev–Trinajstić information content (AvgIpc) is 3.36. The number of aliphatic hydroxyl groups is 2. The van der Waals surface area contributed by atoms with Gasteiger partial charge < -0.3 is 20.3 Å². The fourth-order valence-corrected chi connectivity index (χ4v) is 9.61. The predicted octanol–water partition coefficient (Wildman–Crippen LogP) is 19.6. The Morgan fingerprint density at radius 3 is 1.10 bits per heavy atom. The fourth-order valence-electron chi connectivity index (χ4n) is 9.61. The summed E-state index contributed by atoms with van der Waals surface area (Å²) < 4.78 is 5.49. The van der Waals surface area contributed by atoms with Crippen molar-refractivity contribution < 1.29 is 24.5 Å². The van der Waals surface area contributed by atoms with Gasteiger partial charge in [-0.15, -0.1) is 0 Å². The van der Waals surface area contributed by atoms with Gasteiger partial charge in [-0.1, -0.05) is 294 Å². The molecular formula is C64H121NO5. The summed E-state index contributed by atoms with van der Waals surface area (Å²) in [6.45, 7) is 4.88. The number of hydrogen-bond acceptors (Lipinski definition) is 5. The van der Waals surface area contributed by atoms with E-state index in [4.69, 9.17) is 4.74 Å². The first-order chi connectivity index (χ1) is 34.5. The second kappa shape index (κ2) is 59.6. The largest absolute Gasteiger partial charge is 0.466 e. The highest BCUT2D eigenvalue weighted by Crippen LogP contribution is 2.17. The first kappa shape index (κ1) is 68.1. The summed E-state index contributed by atoms with van der Waals surface area (Å²) >= 11 is 0. The molecule has 2 unspecified atom stereocenters. The minimum atomic E-state index is -0.842. The molecule has 0 radical (unpaired) electrons. The lowest BCUT2D eigenvalue weighted by molar-refractivity contribution is -0.143. The first-order valence-corrected chi connectivity index (χ1v) is 31.3. The van der Waals surface area contributed by atoms with E-state index in [0.29, 0.717) is 19.4 Å². The number of hydrogen-bond donors (Lipinski definition) is 3. The molecule has 70 heavy (non-hydrogen) atoms. The van der Waals surface area contributed by atoms with Crippen molar-refractivity contribution in [3.63, 3.8) is 0 Å². The van der Waals surface area contributed by atoms with Crippen LogP contribution in [0.15, 0.2) is 36.5 Å². The number of amides is 1. The Hall–Kier alpha value is -1.92. The molecule has 3 N–H and O–H groups in total. The number of rotatable bonds is 58. The predicted molar refractivity (Wildman–Crippen MR) is 306 cm³/mol. The Bertz CT molecular complexity index is 1130. The highest BCUT2D eigenvalue weighted by Gasteiger charge is 2.18. The summed E-state index contributed by atoms with van der Waals surface area (Å²) in [5.74, 6) is -0.0600. The molecule has 1 amide bonds. The molecule has 0 aromatic heterocycles. The van der Waals surface area contributed by atoms with Crippen molar-refractivity contribution in [2.45, 2.75) is 347 Å². The Balaban J connectivity index is 3.36. The third-order valence-corrected chi connectivity index (χ3v) is 14.4. The summed E-state index contributed by atoms with van der Waals surface area (Å²) in [7, 11) is 0. The third-order valence-electron chi connectivity index (χ3n) is 14.4. The van der Waals surface area contributed by atoms with E-state index in [0.717, 1.165) is 51.4 Å². The topological polar surface area (TPSA) is 95.9 Å². The molecule has 0 aliphatic rings. The van der Waals surface area contributed by atoms with Crippen LogP contribution in [0.25, 0.3) is 0 Å². The molecule has 0 aliphatic carbocycles. The normalized spacial score (nSPS) is 12.8. The van der Waals surface area contributed by atoms with Crippen molar-refractivity contribution >= 4 is 11.9 Å². The van der Waals surface area contributed by atoms with E-state index in [1.165, 1.54) is 257 Å². The number of ether oxygens (including phenoxy) is 1. The zero-order valence-electron chi connectivity index (χ0n) is 47.0. The number of nitrogens with one attached hydrogen (secondary N) is 1. The van der Waals surface area contributed by atoms with Crippen LogP contribution >= 0.6 is 0 Å². The van der Waals surface area contributed by atoms with Gasteiger partial charge in [-0.3, -0.25) is 9.59 Å². The van der Waals surface area contributed by atoms with Crippen LogP contribution in [0.1, 0.15) is 335 Å². The highest BCUT2D eigenvalue weighted by molar-refractivity contribution is 5.76. The lowest BCUT2D eigenvalue weighted by atomic mass is 10.0. The van der Waals surface area contributed by atoms with Gasteiger partial charge >= 0.3 is 5.97 Å². The van der Waals surface area contributed by atoms with Gasteiger partial charge in [0.15, 0.2) is 0 Å². The standard InChI is InChI=1S/C64H121NO5/c1-3-5-7-9-11-13-15-16-17-18-28-31-34-38-42-46-50-54-58-64(69)70-59-55-51-47-43-39-35-32-29-26-24-22-20-19-21-23-25-27-30-33-37-41-45-49-53-57-63(68)65-61(60-66)62(67)56-52-48-44-40-36-14-12-10-8-6-4-2/h13,15,17-18,52,56,61-62,66-67H,3-12,14,16,19-51,53-55,57-60H2,1-2H3,(H,65,68)/b15-13-,18-17-,56-52+. The number of allylic oxidation sites excluding steroid dienone is 5. The van der Waals surface area contributed by atoms with Crippen molar-refractivity contribution in [3.05, 3.63) is 36.5 Å². The molecule has 0 saturated heterocycles. The van der Waals surface area contributed by atoms with E-state index in [2.05, 4.69) is 43.5 Å². The third kappa shape index (κ3) is 55.4. The van der Waals surface area contributed by atoms with Gasteiger partial charge in [0.1, 0.15) is 0 Å². The van der Waals surface area contributed by atoms with Crippen LogP contribution in [0.3, 0.4) is 0 Å². The quantitative estimate of drug-likeness (QED) is 0.0321. The molecule has 0 aliphatic heterocycles. The van der Waals surface area contributed by atoms with E-state index in [1.54, 1.807) is 6.08 Å². The van der Waals surface area contributed by atoms with E-state index in [-0.39, 0.29) is 18.5 Å². The summed E-state index contributed by atoms with van der Waals surface area (Å²) in [5.41, 5.74) is 0. The summed E-state index contributed by atoms with van der Waals surface area (Å²) in [6.07, 6.45) is 74.8. The fraction of sp³-hybridized carbons (Fsp3) is 0.875. The summed E-state index contributed by atoms with van der Waals surface area (Å²) in [4.78, 5) is 24.5. The lowest BCUT2D eigenvalue weighted by Crippen LogP contribution is -2.45. The molecule has 0 rings (SSSR count). The molecule has 2 atom stereocenters. The number of carbonyl (C=O) groups is 2. The Labute approximate surface area is 436 Å². The number of carbonyl (C=O) groups excluding carboxylic acids is 2. The smallest absolute Gasteiger partial charge is 0.305 e. The van der Waals surface area contributed by atoms with Crippen LogP contribution in [0, 0.1) is 0 Å². The number of esters is 1. The minimum Gasteiger partial charge on any atom is -0.466 e. The first-order valence-electron chi connectivity index (χ1n) is 31.3. The van der Waals surface area contributed by atoms with Crippen LogP contribution in [0.4, 0.5) is 0 Å². The molecule has 412 valence electrons. The molecule has 0 saturated carbocycles. The molecule has 6 nitrogen and oxygen atoms in total. The van der Waals surface area contributed by atoms with Crippen LogP contribution in [0.5, 0.6) is 0 Å². The zero-order valence-corrected chi connectivity index (χ0v) is 47.0. The summed E-state index contributed by atoms with van der Waals surface area (Å²) in [5, 5.41) is 23.0. The van der Waals surface area contributed by atoms with E-state index >= 15 is 0 Å². The monoisotopic (exact) mass is 984 g/mol. The van der Waals surface area contributed by atoms with Gasteiger partial charge in [-0.25, -0.2) is 0 Å². The van der Waals surface area contributed by atoms with Crippen molar-refractivity contribution in [3.8, 4) is 0 Å². The van der Waals surface area contributed by atoms with Gasteiger partial charge in [0.25, 0.3) is 0 Å². The summed E-state index contributed by atoms with van der Waals surface area (Å²) in [6, 6.07) is -0.626. The van der Waals surface area contributed by atoms with Gasteiger partial charge in [0.05, 0.1) is 25.4 Å². The van der Waals surface area contributed by atoms with Crippen LogP contribution < -0.4 is 5.32 Å². The van der Waals surface area contributed by atoms with E-state index in [1.807, 2.05) is 6.08 Å². The molecule has 0 spiro atoms. The van der Waals surface area contributed by atoms with Crippen molar-refractivity contribution in [2.75, 3.05) is 13.2 Å². The van der Waals surface area contributed by atoms with Gasteiger partial charge in [-0.05, 0) is 64.2 Å². The average molecular weight is 985 g/mol. The van der Waals surface area contributed by atoms with Crippen LogP contribution in [-0.4, -0.2) is 47.4 Å². The SMILES string of the molecule is CCCCCC/C=C\C/C=C\CCCCCCCCCC(=O)OCCCCCCCCCCCCCCCCCCCCCCCCCCC(=O)NC(CO)C(O)/C=C/CCCCCCCCCCC. The van der Waals surface area contributed by atoms with Crippen LogP contribution in [0.2, 0.25) is 0 Å². The van der Waals surface area contributed by atoms with Gasteiger partial charge in [0, 0.05) is 12.8 Å². The van der Waals surface area contributed by atoms with Gasteiger partial charge in [0.2, 0.25) is 5.91 Å². The molecular weight excluding hydrogens is 863 g/mol. The van der Waals surface area contributed by atoms with E-state index < -0.39 is 12.1 Å². The molecule has 0 fully saturated rings. The van der Waals surface area contributed by atoms with Crippen molar-refractivity contribution in [2.24, 2.45) is 0 Å². The van der Waals surface area contributed by atoms with E-state index in [9.17, 15) is 19.8 Å². The van der Waals surface area contributed by atoms with Crippen LogP contribution in [-0.2, 0) is 14.3 Å². The molecule has 0 aromatic rings. The number of aliphatic hydroxyl groups excluding tert-OH is 2. The van der Waals surface area contributed by atoms with Crippen molar-refractivity contribution in [1.29, 1.82) is 0 Å². The molecule has 6 heteroatoms. The zero-order chi connectivity index (χ0) is 50.7. The maximum Gasteiger partial charge on any atom is 0.305 e. The Kier molecular flexibility index (Phi) is 58.0. The number of unbranched alkanes of at least 4 members (excludes halogenated alkanes) is 43. The lowest BCUT2D eigenvalue weighted by Gasteiger charge is -2.20. The molecule has 0 bridgehead atoms.